The molecule has 0 atom stereocenters. The summed E-state index contributed by atoms with van der Waals surface area (Å²) in [5.41, 5.74) is 0.606. The number of hydrogen-bond acceptors (Lipinski definition) is 5. The number of nitrogens with one attached hydrogen (secondary N) is 1. The molecule has 0 saturated carbocycles. The molecule has 1 heterocycles. The number of methoxy groups -OCH3 is 1. The molecule has 0 aromatic heterocycles. The Labute approximate surface area is 156 Å². The average Bonchev–Trinajstić information content (AvgIpc) is 2.67. The van der Waals surface area contributed by atoms with Crippen molar-refractivity contribution >= 4 is 5.91 Å². The van der Waals surface area contributed by atoms with Crippen LogP contribution in [-0.2, 0) is 4.74 Å². The Kier molecular flexibility index (Phi) is 8.71. The maximum absolute atomic E-state index is 12.5. The first-order valence-electron chi connectivity index (χ1n) is 9.57. The molecule has 1 N–H and O–H groups in total. The van der Waals surface area contributed by atoms with Gasteiger partial charge in [0.25, 0.3) is 5.91 Å². The highest BCUT2D eigenvalue weighted by molar-refractivity contribution is 5.94. The Bertz CT molecular complexity index is 557. The zero-order chi connectivity index (χ0) is 18.8. The lowest BCUT2D eigenvalue weighted by atomic mass is 9.96. The van der Waals surface area contributed by atoms with Gasteiger partial charge in [-0.3, -0.25) is 4.79 Å². The maximum Gasteiger partial charge on any atom is 0.251 e. The third kappa shape index (κ3) is 6.18. The van der Waals surface area contributed by atoms with Gasteiger partial charge in [0.05, 0.1) is 19.8 Å². The van der Waals surface area contributed by atoms with Crippen molar-refractivity contribution in [2.45, 2.75) is 26.7 Å². The molecule has 146 valence electrons. The summed E-state index contributed by atoms with van der Waals surface area (Å²) in [6, 6.07) is 5.35. The van der Waals surface area contributed by atoms with E-state index in [1.165, 1.54) is 0 Å². The van der Waals surface area contributed by atoms with Crippen LogP contribution in [0.15, 0.2) is 18.2 Å². The molecule has 1 aromatic rings. The fourth-order valence-corrected chi connectivity index (χ4v) is 3.17. The molecule has 1 saturated heterocycles. The van der Waals surface area contributed by atoms with Crippen LogP contribution < -0.4 is 14.8 Å². The summed E-state index contributed by atoms with van der Waals surface area (Å²) in [5.74, 6) is 1.77. The van der Waals surface area contributed by atoms with Crippen LogP contribution in [0, 0.1) is 5.92 Å². The minimum absolute atomic E-state index is 0.0594. The Morgan fingerprint density at radius 3 is 2.50 bits per heavy atom. The molecule has 1 amide bonds. The second kappa shape index (κ2) is 11.0. The van der Waals surface area contributed by atoms with Gasteiger partial charge in [-0.2, -0.15) is 0 Å². The van der Waals surface area contributed by atoms with Crippen molar-refractivity contribution in [2.75, 3.05) is 53.1 Å². The van der Waals surface area contributed by atoms with Crippen molar-refractivity contribution in [1.82, 2.24) is 10.2 Å². The first kappa shape index (κ1) is 20.5. The number of rotatable bonds is 10. The van der Waals surface area contributed by atoms with Gasteiger partial charge < -0.3 is 24.4 Å². The van der Waals surface area contributed by atoms with Crippen molar-refractivity contribution in [3.63, 3.8) is 0 Å². The quantitative estimate of drug-likeness (QED) is 0.691. The first-order chi connectivity index (χ1) is 12.7. The van der Waals surface area contributed by atoms with Crippen LogP contribution in [-0.4, -0.2) is 63.9 Å². The van der Waals surface area contributed by atoms with E-state index in [1.807, 2.05) is 13.8 Å². The lowest BCUT2D eigenvalue weighted by molar-refractivity contribution is 0.0925. The summed E-state index contributed by atoms with van der Waals surface area (Å²) in [6.45, 7) is 9.57. The molecule has 1 aromatic carbocycles. The molecule has 1 aliphatic rings. The van der Waals surface area contributed by atoms with E-state index in [0.717, 1.165) is 39.1 Å². The Morgan fingerprint density at radius 2 is 1.85 bits per heavy atom. The minimum Gasteiger partial charge on any atom is -0.490 e. The minimum atomic E-state index is -0.0594. The number of carbonyl (C=O) groups excluding carboxylic acids is 1. The fraction of sp³-hybridized carbons (Fsp3) is 0.650. The van der Waals surface area contributed by atoms with Crippen LogP contribution in [0.3, 0.4) is 0 Å². The third-order valence-electron chi connectivity index (χ3n) is 4.68. The van der Waals surface area contributed by atoms with E-state index < -0.39 is 0 Å². The number of ether oxygens (including phenoxy) is 3. The Balaban J connectivity index is 1.83. The number of amides is 1. The van der Waals surface area contributed by atoms with Gasteiger partial charge in [-0.25, -0.2) is 0 Å². The second-order valence-corrected chi connectivity index (χ2v) is 6.52. The van der Waals surface area contributed by atoms with Gasteiger partial charge >= 0.3 is 0 Å². The molecule has 0 aliphatic carbocycles. The van der Waals surface area contributed by atoms with Crippen LogP contribution in [0.2, 0.25) is 0 Å². The van der Waals surface area contributed by atoms with Crippen molar-refractivity contribution in [2.24, 2.45) is 5.92 Å². The van der Waals surface area contributed by atoms with Crippen molar-refractivity contribution in [3.8, 4) is 11.5 Å². The lowest BCUT2D eigenvalue weighted by Gasteiger charge is -2.31. The van der Waals surface area contributed by atoms with Crippen LogP contribution >= 0.6 is 0 Å². The highest BCUT2D eigenvalue weighted by atomic mass is 16.5. The van der Waals surface area contributed by atoms with Crippen molar-refractivity contribution in [3.05, 3.63) is 23.8 Å². The molecule has 0 spiro atoms. The number of likely N-dealkylation sites (tertiary alicyclic amines) is 1. The summed E-state index contributed by atoms with van der Waals surface area (Å²) in [6.07, 6.45) is 2.22. The van der Waals surface area contributed by atoms with Gasteiger partial charge in [0.15, 0.2) is 11.5 Å². The molecule has 1 fully saturated rings. The molecule has 6 heteroatoms. The van der Waals surface area contributed by atoms with Gasteiger partial charge in [0.1, 0.15) is 0 Å². The second-order valence-electron chi connectivity index (χ2n) is 6.52. The Hall–Kier alpha value is -1.79. The number of nitrogens with zero attached hydrogens (tertiary/aromatic N) is 1. The molecular weight excluding hydrogens is 332 g/mol. The SMILES string of the molecule is CCOc1ccc(C(=O)NCC2CCN(CCOC)CC2)cc1OCC. The van der Waals surface area contributed by atoms with Gasteiger partial charge in [0.2, 0.25) is 0 Å². The van der Waals surface area contributed by atoms with E-state index >= 15 is 0 Å². The maximum atomic E-state index is 12.5. The molecule has 1 aliphatic heterocycles. The standard InChI is InChI=1S/C20H32N2O4/c1-4-25-18-7-6-17(14-19(18)26-5-2)20(23)21-15-16-8-10-22(11-9-16)12-13-24-3/h6-7,14,16H,4-5,8-13,15H2,1-3H3,(H,21,23). The topological polar surface area (TPSA) is 60.0 Å². The molecule has 0 bridgehead atoms. The summed E-state index contributed by atoms with van der Waals surface area (Å²) in [4.78, 5) is 14.9. The summed E-state index contributed by atoms with van der Waals surface area (Å²) < 4.78 is 16.3. The van der Waals surface area contributed by atoms with E-state index in [2.05, 4.69) is 10.2 Å². The lowest BCUT2D eigenvalue weighted by Crippen LogP contribution is -2.39. The van der Waals surface area contributed by atoms with Gasteiger partial charge in [-0.15, -0.1) is 0 Å². The van der Waals surface area contributed by atoms with Crippen molar-refractivity contribution < 1.29 is 19.0 Å². The van der Waals surface area contributed by atoms with Crippen LogP contribution in [0.25, 0.3) is 0 Å². The molecule has 26 heavy (non-hydrogen) atoms. The van der Waals surface area contributed by atoms with Crippen LogP contribution in [0.5, 0.6) is 11.5 Å². The monoisotopic (exact) mass is 364 g/mol. The third-order valence-corrected chi connectivity index (χ3v) is 4.68. The number of hydrogen-bond donors (Lipinski definition) is 1. The largest absolute Gasteiger partial charge is 0.490 e. The highest BCUT2D eigenvalue weighted by Crippen LogP contribution is 2.28. The molecular formula is C20H32N2O4. The number of carbonyl (C=O) groups is 1. The predicted octanol–water partition coefficient (Wildman–Crippen LogP) is 2.57. The molecule has 0 unspecified atom stereocenters. The van der Waals surface area contributed by atoms with Crippen LogP contribution in [0.4, 0.5) is 0 Å². The molecule has 6 nitrogen and oxygen atoms in total. The number of benzene rings is 1. The first-order valence-corrected chi connectivity index (χ1v) is 9.57. The van der Waals surface area contributed by atoms with Crippen molar-refractivity contribution in [1.29, 1.82) is 0 Å². The van der Waals surface area contributed by atoms with E-state index in [1.54, 1.807) is 25.3 Å². The van der Waals surface area contributed by atoms with Gasteiger partial charge in [-0.05, 0) is 63.9 Å². The molecule has 2 rings (SSSR count). The zero-order valence-corrected chi connectivity index (χ0v) is 16.3. The highest BCUT2D eigenvalue weighted by Gasteiger charge is 2.20. The zero-order valence-electron chi connectivity index (χ0n) is 16.3. The Morgan fingerprint density at radius 1 is 1.15 bits per heavy atom. The van der Waals surface area contributed by atoms with E-state index in [4.69, 9.17) is 14.2 Å². The predicted molar refractivity (Wildman–Crippen MR) is 102 cm³/mol. The van der Waals surface area contributed by atoms with Gasteiger partial charge in [0, 0.05) is 25.8 Å². The van der Waals surface area contributed by atoms with Crippen LogP contribution in [0.1, 0.15) is 37.0 Å². The summed E-state index contributed by atoms with van der Waals surface area (Å²) in [7, 11) is 1.74. The molecule has 0 radical (unpaired) electrons. The summed E-state index contributed by atoms with van der Waals surface area (Å²) >= 11 is 0. The van der Waals surface area contributed by atoms with E-state index in [9.17, 15) is 4.79 Å². The smallest absolute Gasteiger partial charge is 0.251 e. The van der Waals surface area contributed by atoms with Gasteiger partial charge in [-0.1, -0.05) is 0 Å². The fourth-order valence-electron chi connectivity index (χ4n) is 3.17. The summed E-state index contributed by atoms with van der Waals surface area (Å²) in [5, 5.41) is 3.07. The number of piperidine rings is 1. The van der Waals surface area contributed by atoms with E-state index in [-0.39, 0.29) is 5.91 Å². The average molecular weight is 364 g/mol. The van der Waals surface area contributed by atoms with E-state index in [0.29, 0.717) is 42.7 Å². The normalized spacial score (nSPS) is 15.7.